The molecule has 0 atom stereocenters. The van der Waals surface area contributed by atoms with E-state index in [-0.39, 0.29) is 0 Å². The Kier molecular flexibility index (Phi) is 4.79. The molecule has 0 bridgehead atoms. The lowest BCUT2D eigenvalue weighted by molar-refractivity contribution is 0.322. The second-order valence-corrected chi connectivity index (χ2v) is 7.47. The fraction of sp³-hybridized carbons (Fsp3) is 0.231. The zero-order valence-corrected chi connectivity index (χ0v) is 13.5. The Morgan fingerprint density at radius 1 is 1.12 bits per heavy atom. The quantitative estimate of drug-likeness (QED) is 0.735. The molecule has 4 heteroatoms. The largest absolute Gasteiger partial charge is 0.297 e. The van der Waals surface area contributed by atoms with Crippen LogP contribution < -0.4 is 0 Å². The minimum Gasteiger partial charge on any atom is -0.297 e. The molecule has 1 aromatic carbocycles. The summed E-state index contributed by atoms with van der Waals surface area (Å²) < 4.78 is 2.34. The lowest BCUT2D eigenvalue weighted by Crippen LogP contribution is -2.16. The summed E-state index contributed by atoms with van der Waals surface area (Å²) in [5.74, 6) is 0. The second kappa shape index (κ2) is 6.14. The van der Waals surface area contributed by atoms with Crippen molar-refractivity contribution in [3.63, 3.8) is 0 Å². The van der Waals surface area contributed by atoms with E-state index in [0.717, 1.165) is 17.6 Å². The maximum atomic E-state index is 3.50. The van der Waals surface area contributed by atoms with Crippen LogP contribution in [0.3, 0.4) is 0 Å². The molecule has 0 amide bonds. The Balaban J connectivity index is 1.95. The number of benzene rings is 1. The fourth-order valence-electron chi connectivity index (χ4n) is 1.71. The van der Waals surface area contributed by atoms with Gasteiger partial charge in [0.15, 0.2) is 0 Å². The average molecular weight is 375 g/mol. The van der Waals surface area contributed by atoms with Crippen molar-refractivity contribution in [3.05, 3.63) is 55.1 Å². The van der Waals surface area contributed by atoms with Crippen LogP contribution in [-0.2, 0) is 13.1 Å². The second-order valence-electron chi connectivity index (χ2n) is 4.01. The van der Waals surface area contributed by atoms with Gasteiger partial charge >= 0.3 is 0 Å². The van der Waals surface area contributed by atoms with Gasteiger partial charge in [-0.1, -0.05) is 28.1 Å². The summed E-state index contributed by atoms with van der Waals surface area (Å²) in [7, 11) is 2.15. The molecule has 0 aliphatic rings. The number of halogens is 2. The van der Waals surface area contributed by atoms with E-state index in [9.17, 15) is 0 Å². The molecule has 0 aliphatic heterocycles. The molecule has 0 N–H and O–H groups in total. The van der Waals surface area contributed by atoms with Gasteiger partial charge in [-0.25, -0.2) is 0 Å². The van der Waals surface area contributed by atoms with Crippen molar-refractivity contribution < 1.29 is 0 Å². The molecular weight excluding hydrogens is 362 g/mol. The molecule has 1 aromatic heterocycles. The van der Waals surface area contributed by atoms with Crippen molar-refractivity contribution in [2.75, 3.05) is 7.05 Å². The zero-order valence-electron chi connectivity index (χ0n) is 9.49. The van der Waals surface area contributed by atoms with Gasteiger partial charge in [-0.05, 0) is 52.8 Å². The maximum Gasteiger partial charge on any atom is 0.0701 e. The molecule has 90 valence electrons. The number of nitrogens with zero attached hydrogens (tertiary/aromatic N) is 1. The third kappa shape index (κ3) is 4.21. The Morgan fingerprint density at radius 2 is 1.94 bits per heavy atom. The summed E-state index contributed by atoms with van der Waals surface area (Å²) in [6, 6.07) is 12.7. The van der Waals surface area contributed by atoms with Crippen LogP contribution in [0.4, 0.5) is 0 Å². The van der Waals surface area contributed by atoms with Gasteiger partial charge in [-0.2, -0.15) is 0 Å². The number of thiophene rings is 1. The minimum absolute atomic E-state index is 0.967. The highest BCUT2D eigenvalue weighted by Gasteiger charge is 2.04. The van der Waals surface area contributed by atoms with Crippen LogP contribution in [0.15, 0.2) is 44.7 Å². The van der Waals surface area contributed by atoms with Crippen LogP contribution >= 0.6 is 43.2 Å². The van der Waals surface area contributed by atoms with E-state index in [1.54, 1.807) is 11.3 Å². The molecule has 2 aromatic rings. The normalized spacial score (nSPS) is 11.1. The Hall–Kier alpha value is -0.160. The van der Waals surface area contributed by atoms with Crippen LogP contribution in [0.25, 0.3) is 0 Å². The van der Waals surface area contributed by atoms with Gasteiger partial charge < -0.3 is 0 Å². The topological polar surface area (TPSA) is 3.24 Å². The molecule has 2 rings (SSSR count). The van der Waals surface area contributed by atoms with Crippen molar-refractivity contribution in [3.8, 4) is 0 Å². The Morgan fingerprint density at radius 3 is 2.59 bits per heavy atom. The summed E-state index contributed by atoms with van der Waals surface area (Å²) in [5.41, 5.74) is 1.33. The lowest BCUT2D eigenvalue weighted by atomic mass is 10.2. The molecule has 0 fully saturated rings. The third-order valence-electron chi connectivity index (χ3n) is 2.40. The van der Waals surface area contributed by atoms with Crippen LogP contribution in [0, 0.1) is 0 Å². The molecule has 0 radical (unpaired) electrons. The predicted molar refractivity (Wildman–Crippen MR) is 81.3 cm³/mol. The molecule has 0 aliphatic carbocycles. The average Bonchev–Trinajstić information content (AvgIpc) is 2.63. The SMILES string of the molecule is CN(Cc1cccc(Br)c1)Cc1ccc(Br)s1. The van der Waals surface area contributed by atoms with Crippen LogP contribution in [-0.4, -0.2) is 11.9 Å². The minimum atomic E-state index is 0.967. The van der Waals surface area contributed by atoms with Crippen molar-refractivity contribution >= 4 is 43.2 Å². The fourth-order valence-corrected chi connectivity index (χ4v) is 3.72. The van der Waals surface area contributed by atoms with E-state index >= 15 is 0 Å². The highest BCUT2D eigenvalue weighted by Crippen LogP contribution is 2.23. The van der Waals surface area contributed by atoms with Gasteiger partial charge in [0, 0.05) is 22.4 Å². The molecule has 17 heavy (non-hydrogen) atoms. The van der Waals surface area contributed by atoms with E-state index < -0.39 is 0 Å². The highest BCUT2D eigenvalue weighted by molar-refractivity contribution is 9.11. The molecular formula is C13H13Br2NS. The van der Waals surface area contributed by atoms with E-state index in [2.05, 4.69) is 80.2 Å². The van der Waals surface area contributed by atoms with Crippen molar-refractivity contribution in [1.29, 1.82) is 0 Å². The number of hydrogen-bond donors (Lipinski definition) is 0. The van der Waals surface area contributed by atoms with Gasteiger partial charge in [0.1, 0.15) is 0 Å². The van der Waals surface area contributed by atoms with Gasteiger partial charge in [-0.15, -0.1) is 11.3 Å². The number of hydrogen-bond acceptors (Lipinski definition) is 2. The molecule has 0 saturated carbocycles. The highest BCUT2D eigenvalue weighted by atomic mass is 79.9. The smallest absolute Gasteiger partial charge is 0.0701 e. The van der Waals surface area contributed by atoms with Crippen LogP contribution in [0.2, 0.25) is 0 Å². The van der Waals surface area contributed by atoms with Gasteiger partial charge in [0.25, 0.3) is 0 Å². The van der Waals surface area contributed by atoms with E-state index in [4.69, 9.17) is 0 Å². The van der Waals surface area contributed by atoms with Crippen LogP contribution in [0.5, 0.6) is 0 Å². The van der Waals surface area contributed by atoms with Gasteiger partial charge in [0.05, 0.1) is 3.79 Å². The Bertz CT molecular complexity index is 496. The first-order valence-corrected chi connectivity index (χ1v) is 7.71. The Labute approximate surface area is 123 Å². The van der Waals surface area contributed by atoms with E-state index in [1.165, 1.54) is 14.2 Å². The molecule has 0 saturated heterocycles. The molecule has 0 spiro atoms. The summed E-state index contributed by atoms with van der Waals surface area (Å²) in [6.07, 6.45) is 0. The summed E-state index contributed by atoms with van der Waals surface area (Å²) in [6.45, 7) is 1.96. The van der Waals surface area contributed by atoms with Gasteiger partial charge in [0.2, 0.25) is 0 Å². The van der Waals surface area contributed by atoms with Crippen molar-refractivity contribution in [2.24, 2.45) is 0 Å². The van der Waals surface area contributed by atoms with E-state index in [1.807, 2.05) is 0 Å². The monoisotopic (exact) mass is 373 g/mol. The van der Waals surface area contributed by atoms with Crippen LogP contribution in [0.1, 0.15) is 10.4 Å². The first kappa shape index (κ1) is 13.3. The van der Waals surface area contributed by atoms with Crippen molar-refractivity contribution in [1.82, 2.24) is 4.90 Å². The van der Waals surface area contributed by atoms with E-state index in [0.29, 0.717) is 0 Å². The lowest BCUT2D eigenvalue weighted by Gasteiger charge is -2.15. The van der Waals surface area contributed by atoms with Crippen molar-refractivity contribution in [2.45, 2.75) is 13.1 Å². The first-order chi connectivity index (χ1) is 8.13. The first-order valence-electron chi connectivity index (χ1n) is 5.31. The molecule has 1 heterocycles. The summed E-state index contributed by atoms with van der Waals surface area (Å²) in [5, 5.41) is 0. The predicted octanol–water partition coefficient (Wildman–Crippen LogP) is 4.91. The standard InChI is InChI=1S/C13H13Br2NS/c1-16(9-12-5-6-13(15)17-12)8-10-3-2-4-11(14)7-10/h2-7H,8-9H2,1H3. The summed E-state index contributed by atoms with van der Waals surface area (Å²) >= 11 is 8.79. The maximum absolute atomic E-state index is 3.50. The van der Waals surface area contributed by atoms with Gasteiger partial charge in [-0.3, -0.25) is 4.90 Å². The third-order valence-corrected chi connectivity index (χ3v) is 4.50. The molecule has 1 nitrogen and oxygen atoms in total. The number of rotatable bonds is 4. The zero-order chi connectivity index (χ0) is 12.3. The summed E-state index contributed by atoms with van der Waals surface area (Å²) in [4.78, 5) is 3.70. The molecule has 0 unspecified atom stereocenters.